The molecule has 2 aliphatic rings. The standard InChI is InChI=1S/C15H16O2.C3H6BFO.C3H5BO.C3H5FO.CH3B.CH3F/c1-16-14-7-3-12(4-8-14)11-13-5-9-15(17-2)10-6-13;4-1-3(6)2-5;2*4-1-3-2-5-3;2*1-2/h3-10H,11H2,1-2H3;3,6H,1-2H2;2*3H,1-2H2;2*1H3. The summed E-state index contributed by atoms with van der Waals surface area (Å²) in [5, 5.41) is 8.17. The summed E-state index contributed by atoms with van der Waals surface area (Å²) >= 11 is 0. The van der Waals surface area contributed by atoms with Crippen molar-refractivity contribution in [1.82, 2.24) is 0 Å². The molecule has 0 bridgehead atoms. The molecule has 5 nitrogen and oxygen atoms in total. The van der Waals surface area contributed by atoms with Gasteiger partial charge in [0.1, 0.15) is 31.0 Å². The minimum absolute atomic E-state index is 0.0104. The molecule has 2 aromatic rings. The Balaban J connectivity index is 0. The number of alkyl halides is 3. The Morgan fingerprint density at radius 1 is 0.838 bits per heavy atom. The third-order valence-electron chi connectivity index (χ3n) is 4.42. The van der Waals surface area contributed by atoms with Gasteiger partial charge in [-0.1, -0.05) is 43.7 Å². The number of ether oxygens (including phenoxy) is 4. The SMILES string of the molecule is CF.COc1ccc(Cc2ccc(OC)cc2)cc1.FCC1CO1.[B]C.[B]CC(O)CF.[B]CC1CO1. The third-order valence-corrected chi connectivity index (χ3v) is 4.42. The predicted octanol–water partition coefficient (Wildman–Crippen LogP) is 4.31. The molecule has 0 amide bonds. The van der Waals surface area contributed by atoms with E-state index in [0.717, 1.165) is 24.5 Å². The van der Waals surface area contributed by atoms with E-state index in [0.29, 0.717) is 26.2 Å². The van der Waals surface area contributed by atoms with Crippen molar-refractivity contribution >= 4 is 23.5 Å². The molecule has 2 saturated heterocycles. The van der Waals surface area contributed by atoms with Crippen LogP contribution in [0.2, 0.25) is 19.5 Å². The first-order valence-electron chi connectivity index (χ1n) is 11.6. The Kier molecular flexibility index (Phi) is 25.6. The van der Waals surface area contributed by atoms with Crippen LogP contribution in [0.3, 0.4) is 0 Å². The molecule has 2 aromatic carbocycles. The summed E-state index contributed by atoms with van der Waals surface area (Å²) in [6.45, 7) is 1.98. The zero-order valence-corrected chi connectivity index (χ0v) is 22.2. The van der Waals surface area contributed by atoms with E-state index >= 15 is 0 Å². The molecule has 37 heavy (non-hydrogen) atoms. The summed E-state index contributed by atoms with van der Waals surface area (Å²) in [6, 6.07) is 16.3. The van der Waals surface area contributed by atoms with Gasteiger partial charge in [-0.3, -0.25) is 4.39 Å². The first-order chi connectivity index (χ1) is 18.0. The van der Waals surface area contributed by atoms with Crippen molar-refractivity contribution in [2.75, 3.05) is 48.0 Å². The molecule has 2 fully saturated rings. The monoisotopic (exact) mass is 520 g/mol. The number of benzene rings is 2. The number of aliphatic hydroxyl groups excluding tert-OH is 1. The number of halogens is 3. The second-order valence-electron chi connectivity index (χ2n) is 7.22. The second-order valence-corrected chi connectivity index (χ2v) is 7.22. The Morgan fingerprint density at radius 3 is 1.35 bits per heavy atom. The zero-order chi connectivity index (χ0) is 28.5. The van der Waals surface area contributed by atoms with E-state index in [-0.39, 0.29) is 19.1 Å². The Hall–Kier alpha value is -2.10. The molecule has 0 saturated carbocycles. The van der Waals surface area contributed by atoms with Crippen molar-refractivity contribution in [3.05, 3.63) is 59.7 Å². The molecule has 0 aliphatic carbocycles. The highest BCUT2D eigenvalue weighted by atomic mass is 19.1. The molecule has 11 heteroatoms. The molecule has 4 rings (SSSR count). The lowest BCUT2D eigenvalue weighted by molar-refractivity contribution is 0.158. The lowest BCUT2D eigenvalue weighted by Crippen LogP contribution is -2.06. The highest BCUT2D eigenvalue weighted by molar-refractivity contribution is 6.09. The molecule has 2 aliphatic heterocycles. The van der Waals surface area contributed by atoms with Crippen LogP contribution in [0.1, 0.15) is 11.1 Å². The molecular formula is C26H38B3F3O5. The molecule has 202 valence electrons. The van der Waals surface area contributed by atoms with E-state index in [1.165, 1.54) is 17.9 Å². The molecule has 0 aromatic heterocycles. The van der Waals surface area contributed by atoms with Crippen LogP contribution in [0.4, 0.5) is 13.2 Å². The van der Waals surface area contributed by atoms with Crippen molar-refractivity contribution in [2.45, 2.75) is 44.2 Å². The third kappa shape index (κ3) is 21.7. The van der Waals surface area contributed by atoms with E-state index < -0.39 is 12.8 Å². The lowest BCUT2D eigenvalue weighted by atomic mass is 10.0. The smallest absolute Gasteiger partial charge is 0.118 e. The van der Waals surface area contributed by atoms with E-state index in [1.807, 2.05) is 24.3 Å². The minimum atomic E-state index is -0.954. The number of aliphatic hydroxyl groups is 1. The highest BCUT2D eigenvalue weighted by Crippen LogP contribution is 2.17. The number of epoxide rings is 2. The normalized spacial score (nSPS) is 16.4. The molecule has 0 spiro atoms. The van der Waals surface area contributed by atoms with Gasteiger partial charge in [0.15, 0.2) is 0 Å². The van der Waals surface area contributed by atoms with Gasteiger partial charge in [0.25, 0.3) is 0 Å². The second kappa shape index (κ2) is 25.6. The van der Waals surface area contributed by atoms with Crippen LogP contribution in [0, 0.1) is 0 Å². The van der Waals surface area contributed by atoms with Crippen LogP contribution in [0.5, 0.6) is 11.5 Å². The number of hydrogen-bond donors (Lipinski definition) is 1. The maximum atomic E-state index is 11.1. The van der Waals surface area contributed by atoms with Gasteiger partial charge in [-0.15, -0.1) is 0 Å². The van der Waals surface area contributed by atoms with Gasteiger partial charge in [-0.25, -0.2) is 8.78 Å². The maximum absolute atomic E-state index is 11.1. The minimum Gasteiger partial charge on any atom is -0.497 e. The van der Waals surface area contributed by atoms with Crippen molar-refractivity contribution in [3.8, 4) is 11.5 Å². The van der Waals surface area contributed by atoms with Crippen LogP contribution in [-0.4, -0.2) is 94.9 Å². The van der Waals surface area contributed by atoms with Crippen LogP contribution in [0.15, 0.2) is 48.5 Å². The number of rotatable bonds is 8. The lowest BCUT2D eigenvalue weighted by Gasteiger charge is -2.05. The first-order valence-corrected chi connectivity index (χ1v) is 11.6. The molecule has 6 radical (unpaired) electrons. The van der Waals surface area contributed by atoms with Crippen molar-refractivity contribution in [1.29, 1.82) is 0 Å². The Bertz CT molecular complexity index is 674. The molecular weight excluding hydrogens is 482 g/mol. The molecule has 3 atom stereocenters. The topological polar surface area (TPSA) is 63.8 Å². The van der Waals surface area contributed by atoms with Crippen LogP contribution in [-0.2, 0) is 15.9 Å². The van der Waals surface area contributed by atoms with Crippen molar-refractivity contribution < 1.29 is 37.2 Å². The van der Waals surface area contributed by atoms with Crippen molar-refractivity contribution in [3.63, 3.8) is 0 Å². The summed E-state index contributed by atoms with van der Waals surface area (Å²) in [4.78, 5) is 0. The average molecular weight is 520 g/mol. The summed E-state index contributed by atoms with van der Waals surface area (Å²) in [6.07, 6.45) is 1.06. The van der Waals surface area contributed by atoms with Gasteiger partial charge >= 0.3 is 0 Å². The largest absolute Gasteiger partial charge is 0.497 e. The summed E-state index contributed by atoms with van der Waals surface area (Å²) in [5.41, 5.74) is 2.55. The fraction of sp³-hybridized carbons (Fsp3) is 0.538. The van der Waals surface area contributed by atoms with E-state index in [9.17, 15) is 13.2 Å². The molecule has 2 heterocycles. The Morgan fingerprint density at radius 2 is 1.22 bits per heavy atom. The van der Waals surface area contributed by atoms with Crippen LogP contribution in [0.25, 0.3) is 0 Å². The van der Waals surface area contributed by atoms with Gasteiger partial charge in [0, 0.05) is 0 Å². The van der Waals surface area contributed by atoms with Gasteiger partial charge in [0.2, 0.25) is 0 Å². The summed E-state index contributed by atoms with van der Waals surface area (Å²) < 4.78 is 51.1. The summed E-state index contributed by atoms with van der Waals surface area (Å²) in [7, 11) is 18.3. The fourth-order valence-electron chi connectivity index (χ4n) is 2.15. The quantitative estimate of drug-likeness (QED) is 0.416. The maximum Gasteiger partial charge on any atom is 0.118 e. The van der Waals surface area contributed by atoms with Crippen LogP contribution < -0.4 is 9.47 Å². The Labute approximate surface area is 224 Å². The average Bonchev–Trinajstić information content (AvgIpc) is 3.91. The predicted molar refractivity (Wildman–Crippen MR) is 146 cm³/mol. The van der Waals surface area contributed by atoms with Gasteiger partial charge < -0.3 is 24.1 Å². The van der Waals surface area contributed by atoms with Gasteiger partial charge in [-0.2, -0.15) is 0 Å². The van der Waals surface area contributed by atoms with Crippen LogP contribution >= 0.6 is 0 Å². The first kappa shape index (κ1) is 37.1. The molecule has 3 unspecified atom stereocenters. The zero-order valence-electron chi connectivity index (χ0n) is 22.2. The fourth-order valence-corrected chi connectivity index (χ4v) is 2.15. The highest BCUT2D eigenvalue weighted by Gasteiger charge is 2.21. The number of hydrogen-bond acceptors (Lipinski definition) is 5. The van der Waals surface area contributed by atoms with E-state index in [1.54, 1.807) is 14.2 Å². The van der Waals surface area contributed by atoms with Crippen molar-refractivity contribution in [2.24, 2.45) is 0 Å². The molecule has 1 N–H and O–H groups in total. The number of methoxy groups -OCH3 is 2. The van der Waals surface area contributed by atoms with Gasteiger partial charge in [0.05, 0.1) is 70.4 Å². The van der Waals surface area contributed by atoms with E-state index in [2.05, 4.69) is 36.8 Å². The van der Waals surface area contributed by atoms with E-state index in [4.69, 9.17) is 35.0 Å². The van der Waals surface area contributed by atoms with Gasteiger partial charge in [-0.05, 0) is 41.8 Å². The summed E-state index contributed by atoms with van der Waals surface area (Å²) in [5.74, 6) is 1.78.